The summed E-state index contributed by atoms with van der Waals surface area (Å²) in [6.07, 6.45) is -4.82. The summed E-state index contributed by atoms with van der Waals surface area (Å²) in [5, 5.41) is 7.58. The molecule has 3 rings (SSSR count). The van der Waals surface area contributed by atoms with Crippen molar-refractivity contribution in [3.8, 4) is 5.75 Å². The molecule has 2 aromatic carbocycles. The molecule has 0 bridgehead atoms. The smallest absolute Gasteiger partial charge is 0.406 e. The molecule has 3 amide bonds. The number of urea groups is 1. The van der Waals surface area contributed by atoms with Crippen LogP contribution in [0.2, 0.25) is 0 Å². The minimum Gasteiger partial charge on any atom is -0.406 e. The van der Waals surface area contributed by atoms with E-state index in [1.807, 2.05) is 0 Å². The highest BCUT2D eigenvalue weighted by molar-refractivity contribution is 6.06. The molecule has 1 atom stereocenters. The largest absolute Gasteiger partial charge is 0.573 e. The molecular weight excluding hydrogens is 394 g/mol. The fraction of sp³-hybridized carbons (Fsp3) is 0.158. The quantitative estimate of drug-likeness (QED) is 0.668. The van der Waals surface area contributed by atoms with Crippen molar-refractivity contribution in [2.75, 3.05) is 5.32 Å². The number of alkyl halides is 3. The summed E-state index contributed by atoms with van der Waals surface area (Å²) in [4.78, 5) is 24.6. The molecule has 0 aliphatic carbocycles. The number of allylic oxidation sites excluding steroid dienone is 1. The van der Waals surface area contributed by atoms with E-state index in [2.05, 4.69) is 20.7 Å². The van der Waals surface area contributed by atoms with Crippen LogP contribution in [0.5, 0.6) is 5.75 Å². The Bertz CT molecular complexity index is 971. The zero-order valence-electron chi connectivity index (χ0n) is 14.9. The van der Waals surface area contributed by atoms with Gasteiger partial charge in [0.2, 0.25) is 0 Å². The van der Waals surface area contributed by atoms with Crippen LogP contribution in [0, 0.1) is 5.82 Å². The third-order valence-electron chi connectivity index (χ3n) is 4.04. The van der Waals surface area contributed by atoms with Gasteiger partial charge in [0.05, 0.1) is 11.6 Å². The number of amides is 3. The van der Waals surface area contributed by atoms with Gasteiger partial charge in [-0.2, -0.15) is 0 Å². The lowest BCUT2D eigenvalue weighted by molar-refractivity contribution is -0.274. The van der Waals surface area contributed by atoms with Gasteiger partial charge in [-0.15, -0.1) is 13.2 Å². The molecule has 1 aliphatic heterocycles. The standard InChI is InChI=1S/C19H15F4N3O3/c1-10-15(16(26-18(28)24-10)11-3-2-4-12(20)9-11)17(27)25-13-5-7-14(8-6-13)29-19(21,22)23/h2-9,16H,1H3,(H,25,27)(H2,24,26,28). The predicted molar refractivity (Wildman–Crippen MR) is 95.3 cm³/mol. The molecule has 29 heavy (non-hydrogen) atoms. The van der Waals surface area contributed by atoms with E-state index < -0.39 is 35.9 Å². The third-order valence-corrected chi connectivity index (χ3v) is 4.04. The van der Waals surface area contributed by atoms with Crippen LogP contribution in [-0.2, 0) is 4.79 Å². The van der Waals surface area contributed by atoms with E-state index in [9.17, 15) is 27.2 Å². The summed E-state index contributed by atoms with van der Waals surface area (Å²) in [5.74, 6) is -1.59. The van der Waals surface area contributed by atoms with Gasteiger partial charge in [-0.3, -0.25) is 4.79 Å². The van der Waals surface area contributed by atoms with Gasteiger partial charge in [-0.05, 0) is 48.9 Å². The maximum absolute atomic E-state index is 13.6. The molecule has 1 heterocycles. The number of carbonyl (C=O) groups excluding carboxylic acids is 2. The summed E-state index contributed by atoms with van der Waals surface area (Å²) >= 11 is 0. The van der Waals surface area contributed by atoms with Crippen molar-refractivity contribution >= 4 is 17.6 Å². The minimum absolute atomic E-state index is 0.130. The molecule has 1 aliphatic rings. The maximum Gasteiger partial charge on any atom is 0.573 e. The highest BCUT2D eigenvalue weighted by Crippen LogP contribution is 2.29. The van der Waals surface area contributed by atoms with Gasteiger partial charge in [0, 0.05) is 11.4 Å². The van der Waals surface area contributed by atoms with Gasteiger partial charge in [0.15, 0.2) is 0 Å². The Balaban J connectivity index is 1.83. The normalized spacial score (nSPS) is 16.7. The number of hydrogen-bond donors (Lipinski definition) is 3. The van der Waals surface area contributed by atoms with Crippen LogP contribution in [0.4, 0.5) is 28.0 Å². The highest BCUT2D eigenvalue weighted by Gasteiger charge is 2.32. The molecule has 10 heteroatoms. The van der Waals surface area contributed by atoms with Crippen molar-refractivity contribution in [3.63, 3.8) is 0 Å². The van der Waals surface area contributed by atoms with E-state index in [-0.39, 0.29) is 17.0 Å². The summed E-state index contributed by atoms with van der Waals surface area (Å²) in [5.41, 5.74) is 0.960. The first-order chi connectivity index (χ1) is 13.6. The molecular formula is C19H15F4N3O3. The molecule has 2 aromatic rings. The fourth-order valence-corrected chi connectivity index (χ4v) is 2.87. The number of nitrogens with one attached hydrogen (secondary N) is 3. The number of carbonyl (C=O) groups is 2. The molecule has 0 saturated carbocycles. The van der Waals surface area contributed by atoms with Gasteiger partial charge in [0.1, 0.15) is 11.6 Å². The van der Waals surface area contributed by atoms with Gasteiger partial charge in [-0.1, -0.05) is 12.1 Å². The monoisotopic (exact) mass is 409 g/mol. The number of hydrogen-bond acceptors (Lipinski definition) is 3. The maximum atomic E-state index is 13.6. The van der Waals surface area contributed by atoms with Crippen LogP contribution in [0.15, 0.2) is 59.8 Å². The average molecular weight is 409 g/mol. The minimum atomic E-state index is -4.82. The van der Waals surface area contributed by atoms with Crippen LogP contribution in [0.1, 0.15) is 18.5 Å². The van der Waals surface area contributed by atoms with E-state index in [0.29, 0.717) is 5.56 Å². The molecule has 3 N–H and O–H groups in total. The van der Waals surface area contributed by atoms with Crippen LogP contribution in [0.25, 0.3) is 0 Å². The summed E-state index contributed by atoms with van der Waals surface area (Å²) in [7, 11) is 0. The second-order valence-electron chi connectivity index (χ2n) is 6.15. The van der Waals surface area contributed by atoms with Crippen molar-refractivity contribution in [2.45, 2.75) is 19.3 Å². The van der Waals surface area contributed by atoms with Crippen LogP contribution in [-0.4, -0.2) is 18.3 Å². The zero-order valence-corrected chi connectivity index (χ0v) is 14.9. The van der Waals surface area contributed by atoms with Gasteiger partial charge < -0.3 is 20.7 Å². The predicted octanol–water partition coefficient (Wildman–Crippen LogP) is 3.99. The molecule has 6 nitrogen and oxygen atoms in total. The van der Waals surface area contributed by atoms with Crippen molar-refractivity contribution in [2.24, 2.45) is 0 Å². The first kappa shape index (κ1) is 20.2. The number of rotatable bonds is 4. The van der Waals surface area contributed by atoms with E-state index in [4.69, 9.17) is 0 Å². The fourth-order valence-electron chi connectivity index (χ4n) is 2.87. The van der Waals surface area contributed by atoms with E-state index in [1.54, 1.807) is 6.07 Å². The molecule has 0 saturated heterocycles. The van der Waals surface area contributed by atoms with Gasteiger partial charge in [0.25, 0.3) is 5.91 Å². The van der Waals surface area contributed by atoms with E-state index >= 15 is 0 Å². The summed E-state index contributed by atoms with van der Waals surface area (Å²) in [6.45, 7) is 1.51. The zero-order chi connectivity index (χ0) is 21.2. The molecule has 152 valence electrons. The van der Waals surface area contributed by atoms with Crippen LogP contribution in [0.3, 0.4) is 0 Å². The van der Waals surface area contributed by atoms with Crippen molar-refractivity contribution < 1.29 is 31.9 Å². The third kappa shape index (κ3) is 5.03. The Morgan fingerprint density at radius 3 is 2.45 bits per heavy atom. The van der Waals surface area contributed by atoms with Gasteiger partial charge in [-0.25, -0.2) is 9.18 Å². The van der Waals surface area contributed by atoms with Gasteiger partial charge >= 0.3 is 12.4 Å². The van der Waals surface area contributed by atoms with E-state index in [0.717, 1.165) is 12.1 Å². The Morgan fingerprint density at radius 2 is 1.83 bits per heavy atom. The van der Waals surface area contributed by atoms with Crippen LogP contribution >= 0.6 is 0 Å². The number of benzene rings is 2. The SMILES string of the molecule is CC1=C(C(=O)Nc2ccc(OC(F)(F)F)cc2)C(c2cccc(F)c2)NC(=O)N1. The Morgan fingerprint density at radius 1 is 1.14 bits per heavy atom. The molecule has 0 spiro atoms. The molecule has 1 unspecified atom stereocenters. The number of ether oxygens (including phenoxy) is 1. The number of anilines is 1. The second kappa shape index (κ2) is 7.82. The second-order valence-corrected chi connectivity index (χ2v) is 6.15. The Labute approximate surface area is 162 Å². The lowest BCUT2D eigenvalue weighted by atomic mass is 9.94. The lowest BCUT2D eigenvalue weighted by Crippen LogP contribution is -2.46. The Kier molecular flexibility index (Phi) is 5.44. The van der Waals surface area contributed by atoms with Crippen molar-refractivity contribution in [1.29, 1.82) is 0 Å². The first-order valence-corrected chi connectivity index (χ1v) is 8.33. The van der Waals surface area contributed by atoms with Crippen molar-refractivity contribution in [1.82, 2.24) is 10.6 Å². The summed E-state index contributed by atoms with van der Waals surface area (Å²) in [6, 6.07) is 8.54. The van der Waals surface area contributed by atoms with E-state index in [1.165, 1.54) is 37.3 Å². The lowest BCUT2D eigenvalue weighted by Gasteiger charge is -2.28. The number of halogens is 4. The molecule has 0 aromatic heterocycles. The Hall–Kier alpha value is -3.56. The first-order valence-electron chi connectivity index (χ1n) is 8.33. The topological polar surface area (TPSA) is 79.5 Å². The highest BCUT2D eigenvalue weighted by atomic mass is 19.4. The average Bonchev–Trinajstić information content (AvgIpc) is 2.61. The molecule has 0 radical (unpaired) electrons. The molecule has 0 fully saturated rings. The summed E-state index contributed by atoms with van der Waals surface area (Å²) < 4.78 is 54.1. The van der Waals surface area contributed by atoms with Crippen LogP contribution < -0.4 is 20.7 Å². The van der Waals surface area contributed by atoms with Crippen molar-refractivity contribution in [3.05, 3.63) is 71.2 Å².